The van der Waals surface area contributed by atoms with Gasteiger partial charge in [-0.1, -0.05) is 194 Å². The minimum absolute atomic E-state index is 0.0284. The molecular formula is C43H84N2O5. The molecular weight excluding hydrogens is 624 g/mol. The fraction of sp³-hybridized carbons (Fsp3) is 0.930. The Bertz CT molecular complexity index is 732. The minimum Gasteiger partial charge on any atom is -0.464 e. The van der Waals surface area contributed by atoms with Crippen molar-refractivity contribution in [3.8, 4) is 0 Å². The second-order valence-electron chi connectivity index (χ2n) is 14.7. The van der Waals surface area contributed by atoms with Crippen LogP contribution in [0.4, 0.5) is 0 Å². The fourth-order valence-electron chi connectivity index (χ4n) is 6.44. The summed E-state index contributed by atoms with van der Waals surface area (Å²) < 4.78 is 10.6. The summed E-state index contributed by atoms with van der Waals surface area (Å²) in [6.45, 7) is 6.17. The molecule has 0 aromatic carbocycles. The third-order valence-corrected chi connectivity index (χ3v) is 9.72. The highest BCUT2D eigenvalue weighted by molar-refractivity contribution is 5.76. The van der Waals surface area contributed by atoms with Crippen molar-refractivity contribution < 1.29 is 23.9 Å². The van der Waals surface area contributed by atoms with Gasteiger partial charge in [-0.25, -0.2) is 0 Å². The van der Waals surface area contributed by atoms with E-state index in [4.69, 9.17) is 9.47 Å². The number of ether oxygens (including phenoxy) is 2. The number of carbonyl (C=O) groups is 3. The van der Waals surface area contributed by atoms with Crippen molar-refractivity contribution in [2.75, 3.05) is 32.9 Å². The second-order valence-corrected chi connectivity index (χ2v) is 14.7. The summed E-state index contributed by atoms with van der Waals surface area (Å²) in [7, 11) is 0. The average molecular weight is 709 g/mol. The average Bonchev–Trinajstić information content (AvgIpc) is 3.11. The van der Waals surface area contributed by atoms with E-state index in [-0.39, 0.29) is 37.4 Å². The lowest BCUT2D eigenvalue weighted by Gasteiger charge is -2.08. The van der Waals surface area contributed by atoms with Crippen molar-refractivity contribution in [1.29, 1.82) is 0 Å². The van der Waals surface area contributed by atoms with E-state index in [1.165, 1.54) is 167 Å². The van der Waals surface area contributed by atoms with Crippen LogP contribution in [-0.4, -0.2) is 50.7 Å². The Morgan fingerprint density at radius 1 is 0.360 bits per heavy atom. The van der Waals surface area contributed by atoms with Crippen LogP contribution < -0.4 is 10.6 Å². The Labute approximate surface area is 310 Å². The van der Waals surface area contributed by atoms with Gasteiger partial charge in [0.15, 0.2) is 0 Å². The molecule has 0 aliphatic rings. The Morgan fingerprint density at radius 2 is 0.660 bits per heavy atom. The number of unbranched alkanes of at least 4 members (excludes halogenated alkanes) is 28. The van der Waals surface area contributed by atoms with Gasteiger partial charge in [0.1, 0.15) is 6.61 Å². The number of hydrogen-bond acceptors (Lipinski definition) is 5. The third-order valence-electron chi connectivity index (χ3n) is 9.72. The van der Waals surface area contributed by atoms with Crippen molar-refractivity contribution >= 4 is 17.8 Å². The topological polar surface area (TPSA) is 93.7 Å². The predicted octanol–water partition coefficient (Wildman–Crippen LogP) is 11.7. The lowest BCUT2D eigenvalue weighted by molar-refractivity contribution is -0.145. The van der Waals surface area contributed by atoms with Crippen molar-refractivity contribution in [3.63, 3.8) is 0 Å². The fourth-order valence-corrected chi connectivity index (χ4v) is 6.44. The van der Waals surface area contributed by atoms with Crippen molar-refractivity contribution in [2.24, 2.45) is 0 Å². The van der Waals surface area contributed by atoms with Crippen LogP contribution in [0.5, 0.6) is 0 Å². The van der Waals surface area contributed by atoms with Gasteiger partial charge >= 0.3 is 5.97 Å². The van der Waals surface area contributed by atoms with Gasteiger partial charge in [0.2, 0.25) is 11.8 Å². The van der Waals surface area contributed by atoms with E-state index >= 15 is 0 Å². The van der Waals surface area contributed by atoms with Crippen LogP contribution in [0.25, 0.3) is 0 Å². The number of esters is 1. The van der Waals surface area contributed by atoms with Crippen LogP contribution in [0.1, 0.15) is 226 Å². The zero-order valence-electron chi connectivity index (χ0n) is 33.4. The van der Waals surface area contributed by atoms with E-state index < -0.39 is 0 Å². The van der Waals surface area contributed by atoms with Crippen LogP contribution in [-0.2, 0) is 23.9 Å². The predicted molar refractivity (Wildman–Crippen MR) is 212 cm³/mol. The molecule has 0 saturated heterocycles. The molecule has 0 unspecified atom stereocenters. The van der Waals surface area contributed by atoms with Gasteiger partial charge in [-0.2, -0.15) is 0 Å². The third kappa shape index (κ3) is 40.8. The highest BCUT2D eigenvalue weighted by atomic mass is 16.5. The molecule has 50 heavy (non-hydrogen) atoms. The molecule has 0 bridgehead atoms. The summed E-state index contributed by atoms with van der Waals surface area (Å²) in [5.41, 5.74) is 0. The summed E-state index contributed by atoms with van der Waals surface area (Å²) in [4.78, 5) is 35.9. The molecule has 0 atom stereocenters. The summed E-state index contributed by atoms with van der Waals surface area (Å²) in [5, 5.41) is 5.73. The van der Waals surface area contributed by atoms with Crippen LogP contribution in [0.3, 0.4) is 0 Å². The van der Waals surface area contributed by atoms with Gasteiger partial charge in [-0.3, -0.25) is 14.4 Å². The van der Waals surface area contributed by atoms with Crippen molar-refractivity contribution in [1.82, 2.24) is 10.6 Å². The molecule has 0 aliphatic heterocycles. The standard InChI is InChI=1S/C43H84N2O5/c1-3-5-7-9-11-13-15-17-19-21-23-25-27-29-31-33-41(46)44-36-39-49-38-35-43(48)50-40-37-45-42(47)34-32-30-28-26-24-22-20-18-16-14-12-10-8-6-4-2/h3-40H2,1-2H3,(H,44,46)(H,45,47). The second kappa shape index (κ2) is 41.8. The largest absolute Gasteiger partial charge is 0.464 e. The monoisotopic (exact) mass is 709 g/mol. The van der Waals surface area contributed by atoms with E-state index in [1.807, 2.05) is 0 Å². The first kappa shape index (κ1) is 48.4. The summed E-state index contributed by atoms with van der Waals surface area (Å²) in [5.74, 6) is -0.232. The quantitative estimate of drug-likeness (QED) is 0.0487. The van der Waals surface area contributed by atoms with E-state index in [0.717, 1.165) is 25.7 Å². The van der Waals surface area contributed by atoms with Gasteiger partial charge in [0, 0.05) is 19.4 Å². The number of carbonyl (C=O) groups excluding carboxylic acids is 3. The molecule has 2 N–H and O–H groups in total. The van der Waals surface area contributed by atoms with Gasteiger partial charge in [0.25, 0.3) is 0 Å². The van der Waals surface area contributed by atoms with E-state index in [0.29, 0.717) is 32.5 Å². The Hall–Kier alpha value is -1.63. The number of amides is 2. The molecule has 2 amide bonds. The van der Waals surface area contributed by atoms with Gasteiger partial charge in [-0.05, 0) is 12.8 Å². The molecule has 0 aromatic heterocycles. The van der Waals surface area contributed by atoms with Crippen molar-refractivity contribution in [2.45, 2.75) is 226 Å². The molecule has 0 heterocycles. The Kier molecular flexibility index (Phi) is 40.4. The van der Waals surface area contributed by atoms with E-state index in [1.54, 1.807) is 0 Å². The lowest BCUT2D eigenvalue weighted by atomic mass is 10.0. The molecule has 0 fully saturated rings. The van der Waals surface area contributed by atoms with Gasteiger partial charge in [-0.15, -0.1) is 0 Å². The molecule has 0 rings (SSSR count). The number of hydrogen-bond donors (Lipinski definition) is 2. The molecule has 0 spiro atoms. The number of nitrogens with one attached hydrogen (secondary N) is 2. The van der Waals surface area contributed by atoms with Crippen molar-refractivity contribution in [3.05, 3.63) is 0 Å². The van der Waals surface area contributed by atoms with Crippen LogP contribution in [0, 0.1) is 0 Å². The summed E-state index contributed by atoms with van der Waals surface area (Å²) in [6.07, 6.45) is 40.7. The highest BCUT2D eigenvalue weighted by Gasteiger charge is 2.06. The highest BCUT2D eigenvalue weighted by Crippen LogP contribution is 2.15. The Morgan fingerprint density at radius 3 is 1.00 bits per heavy atom. The SMILES string of the molecule is CCCCCCCCCCCCCCCCCC(=O)NCCOCCC(=O)OCCNC(=O)CCCCCCCCCCCCCCCCC. The first-order valence-electron chi connectivity index (χ1n) is 21.9. The summed E-state index contributed by atoms with van der Waals surface area (Å²) in [6, 6.07) is 0. The molecule has 7 nitrogen and oxygen atoms in total. The van der Waals surface area contributed by atoms with Gasteiger partial charge in [0.05, 0.1) is 26.2 Å². The molecule has 0 saturated carbocycles. The smallest absolute Gasteiger partial charge is 0.308 e. The molecule has 296 valence electrons. The molecule has 7 heteroatoms. The van der Waals surface area contributed by atoms with Crippen LogP contribution in [0.2, 0.25) is 0 Å². The maximum absolute atomic E-state index is 12.0. The van der Waals surface area contributed by atoms with Crippen LogP contribution >= 0.6 is 0 Å². The molecule has 0 aliphatic carbocycles. The summed E-state index contributed by atoms with van der Waals surface area (Å²) >= 11 is 0. The zero-order valence-corrected chi connectivity index (χ0v) is 33.4. The Balaban J connectivity index is 3.33. The van der Waals surface area contributed by atoms with Crippen LogP contribution in [0.15, 0.2) is 0 Å². The molecule has 0 radical (unpaired) electrons. The van der Waals surface area contributed by atoms with E-state index in [2.05, 4.69) is 24.5 Å². The zero-order chi connectivity index (χ0) is 36.4. The maximum Gasteiger partial charge on any atom is 0.308 e. The maximum atomic E-state index is 12.0. The lowest BCUT2D eigenvalue weighted by Crippen LogP contribution is -2.28. The molecule has 0 aromatic rings. The van der Waals surface area contributed by atoms with E-state index in [9.17, 15) is 14.4 Å². The first-order chi connectivity index (χ1) is 24.6. The minimum atomic E-state index is -0.334. The number of rotatable bonds is 41. The normalized spacial score (nSPS) is 11.2. The first-order valence-corrected chi connectivity index (χ1v) is 21.9. The van der Waals surface area contributed by atoms with Gasteiger partial charge < -0.3 is 20.1 Å².